The fraction of sp³-hybridized carbons (Fsp3) is 0.400. The second-order valence-corrected chi connectivity index (χ2v) is 17.1. The molecule has 0 aliphatic carbocycles. The molecule has 324 valence electrons. The average molecular weight is 871 g/mol. The van der Waals surface area contributed by atoms with Crippen LogP contribution in [0.15, 0.2) is 60.9 Å². The molecule has 4 N–H and O–H groups in total. The molecule has 0 saturated heterocycles. The molecule has 0 radical (unpaired) electrons. The largest absolute Gasteiger partial charge is 0.493 e. The second kappa shape index (κ2) is 22.0. The van der Waals surface area contributed by atoms with E-state index in [1.165, 1.54) is 7.11 Å². The number of sulfonamides is 2. The Kier molecular flexibility index (Phi) is 17.3. The molecule has 2 amide bonds. The first-order valence-electron chi connectivity index (χ1n) is 18.7. The summed E-state index contributed by atoms with van der Waals surface area (Å²) in [6.45, 7) is 8.56. The van der Waals surface area contributed by atoms with E-state index < -0.39 is 26.1 Å². The third-order valence-electron chi connectivity index (χ3n) is 8.47. The van der Waals surface area contributed by atoms with Gasteiger partial charge in [-0.05, 0) is 75.2 Å². The number of carbonyl (C=O) groups excluding carboxylic acids is 1. The van der Waals surface area contributed by atoms with E-state index >= 15 is 0 Å². The molecule has 0 unspecified atom stereocenters. The highest BCUT2D eigenvalue weighted by Crippen LogP contribution is 2.42. The Labute approximate surface area is 350 Å². The highest BCUT2D eigenvalue weighted by molar-refractivity contribution is 7.90. The van der Waals surface area contributed by atoms with E-state index in [4.69, 9.17) is 43.6 Å². The van der Waals surface area contributed by atoms with Crippen LogP contribution in [-0.4, -0.2) is 97.2 Å². The molecule has 2 aromatic heterocycles. The second-order valence-electron chi connectivity index (χ2n) is 13.5. The number of fused-ring (bicyclic) bond motifs is 2. The molecule has 0 bridgehead atoms. The molecule has 6 rings (SSSR count). The van der Waals surface area contributed by atoms with Crippen LogP contribution in [-0.2, 0) is 42.4 Å². The van der Waals surface area contributed by atoms with Crippen molar-refractivity contribution in [1.29, 1.82) is 5.26 Å². The van der Waals surface area contributed by atoms with Crippen molar-refractivity contribution >= 4 is 31.8 Å². The number of primary sulfonamides is 1. The molecule has 2 aliphatic heterocycles. The number of nitrogens with zero attached hydrogens (tertiary/aromatic N) is 3. The zero-order valence-electron chi connectivity index (χ0n) is 34.2. The topological polar surface area (TPSA) is 250 Å². The van der Waals surface area contributed by atoms with Gasteiger partial charge in [-0.15, -0.1) is 5.26 Å². The molecular weight excluding hydrogens is 821 g/mol. The summed E-state index contributed by atoms with van der Waals surface area (Å²) in [7, 11) is -4.11. The fourth-order valence-electron chi connectivity index (χ4n) is 5.79. The normalized spacial score (nSPS) is 12.6. The SMILES string of the molecule is CC(C)OCCS(N)(=O)=O.COc1cc(-c2ccc3c(c2NC(=O)NS(=O)(=O)CCOC(C)C)CCO3)ccn1.COc1cc(-c2ccc3c(c2OC#N)CCO3)ccn1. The zero-order chi connectivity index (χ0) is 43.9. The minimum atomic E-state index is -3.85. The van der Waals surface area contributed by atoms with Crippen LogP contribution in [0.1, 0.15) is 38.8 Å². The van der Waals surface area contributed by atoms with Crippen LogP contribution in [0.5, 0.6) is 29.0 Å². The number of rotatable bonds is 15. The predicted octanol–water partition coefficient (Wildman–Crippen LogP) is 4.82. The van der Waals surface area contributed by atoms with Crippen LogP contribution in [0, 0.1) is 11.5 Å². The van der Waals surface area contributed by atoms with Crippen molar-refractivity contribution in [2.45, 2.75) is 52.7 Å². The highest BCUT2D eigenvalue weighted by atomic mass is 32.2. The number of ether oxygens (including phenoxy) is 7. The van der Waals surface area contributed by atoms with Gasteiger partial charge in [-0.3, -0.25) is 0 Å². The first kappa shape index (κ1) is 47.0. The number of nitrogens with two attached hydrogens (primary N) is 1. The number of nitriles is 1. The van der Waals surface area contributed by atoms with Crippen molar-refractivity contribution in [3.63, 3.8) is 0 Å². The molecule has 0 atom stereocenters. The molecule has 18 nitrogen and oxygen atoms in total. The minimum absolute atomic E-state index is 0.00306. The summed E-state index contributed by atoms with van der Waals surface area (Å²) in [4.78, 5) is 20.7. The van der Waals surface area contributed by atoms with Gasteiger partial charge in [-0.2, -0.15) is 0 Å². The fourth-order valence-corrected chi connectivity index (χ4v) is 6.87. The van der Waals surface area contributed by atoms with Gasteiger partial charge in [0.1, 0.15) is 11.5 Å². The number of carbonyl (C=O) groups is 1. The van der Waals surface area contributed by atoms with Crippen molar-refractivity contribution in [2.75, 3.05) is 57.5 Å². The van der Waals surface area contributed by atoms with Crippen molar-refractivity contribution in [1.82, 2.24) is 14.7 Å². The number of urea groups is 1. The monoisotopic (exact) mass is 870 g/mol. The Morgan fingerprint density at radius 1 is 0.800 bits per heavy atom. The minimum Gasteiger partial charge on any atom is -0.493 e. The number of amides is 2. The first-order valence-corrected chi connectivity index (χ1v) is 22.1. The molecule has 20 heteroatoms. The Hall–Kier alpha value is -5.72. The molecule has 0 spiro atoms. The number of hydrogen-bond acceptors (Lipinski definition) is 15. The zero-order valence-corrected chi connectivity index (χ0v) is 35.9. The van der Waals surface area contributed by atoms with E-state index in [-0.39, 0.29) is 36.9 Å². The molecule has 2 aromatic carbocycles. The van der Waals surface area contributed by atoms with E-state index in [1.807, 2.05) is 48.9 Å². The van der Waals surface area contributed by atoms with E-state index in [2.05, 4.69) is 15.3 Å². The van der Waals surface area contributed by atoms with Crippen LogP contribution in [0.25, 0.3) is 22.3 Å². The maximum Gasteiger partial charge on any atom is 0.332 e. The molecule has 2 aliphatic rings. The number of hydrogen-bond donors (Lipinski definition) is 3. The Morgan fingerprint density at radius 3 is 1.85 bits per heavy atom. The summed E-state index contributed by atoms with van der Waals surface area (Å²) in [5.74, 6) is 2.50. The van der Waals surface area contributed by atoms with Crippen LogP contribution < -0.4 is 38.9 Å². The van der Waals surface area contributed by atoms with Gasteiger partial charge in [0.05, 0.1) is 70.0 Å². The number of benzene rings is 2. The van der Waals surface area contributed by atoms with Gasteiger partial charge in [0.15, 0.2) is 5.75 Å². The molecule has 0 fully saturated rings. The summed E-state index contributed by atoms with van der Waals surface area (Å²) in [5.41, 5.74) is 5.41. The molecule has 4 heterocycles. The van der Waals surface area contributed by atoms with Gasteiger partial charge in [0.2, 0.25) is 31.8 Å². The van der Waals surface area contributed by atoms with Crippen LogP contribution in [0.4, 0.5) is 10.5 Å². The van der Waals surface area contributed by atoms with E-state index in [1.54, 1.807) is 57.8 Å². The summed E-state index contributed by atoms with van der Waals surface area (Å²) >= 11 is 0. The molecule has 60 heavy (non-hydrogen) atoms. The smallest absolute Gasteiger partial charge is 0.332 e. The van der Waals surface area contributed by atoms with Crippen LogP contribution >= 0.6 is 0 Å². The average Bonchev–Trinajstić information content (AvgIpc) is 3.89. The number of anilines is 1. The van der Waals surface area contributed by atoms with Crippen molar-refractivity contribution in [3.05, 3.63) is 72.1 Å². The van der Waals surface area contributed by atoms with Gasteiger partial charge >= 0.3 is 6.03 Å². The molecule has 4 aromatic rings. The highest BCUT2D eigenvalue weighted by Gasteiger charge is 2.24. The van der Waals surface area contributed by atoms with Crippen LogP contribution in [0.2, 0.25) is 0 Å². The van der Waals surface area contributed by atoms with Crippen LogP contribution in [0.3, 0.4) is 0 Å². The molecule has 0 saturated carbocycles. The number of nitrogens with one attached hydrogen (secondary N) is 2. The first-order chi connectivity index (χ1) is 28.5. The number of pyridine rings is 2. The van der Waals surface area contributed by atoms with Gasteiger partial charge in [-0.1, -0.05) is 0 Å². The summed E-state index contributed by atoms with van der Waals surface area (Å²) in [6.07, 6.45) is 6.30. The lowest BCUT2D eigenvalue weighted by molar-refractivity contribution is 0.0909. The van der Waals surface area contributed by atoms with E-state index in [0.29, 0.717) is 54.1 Å². The summed E-state index contributed by atoms with van der Waals surface area (Å²) in [5, 5.41) is 16.3. The predicted molar refractivity (Wildman–Crippen MR) is 223 cm³/mol. The number of methoxy groups -OCH3 is 2. The lowest BCUT2D eigenvalue weighted by atomic mass is 9.99. The van der Waals surface area contributed by atoms with Crippen molar-refractivity contribution in [2.24, 2.45) is 5.14 Å². The van der Waals surface area contributed by atoms with Gasteiger partial charge < -0.3 is 38.5 Å². The Morgan fingerprint density at radius 2 is 1.32 bits per heavy atom. The van der Waals surface area contributed by atoms with Crippen molar-refractivity contribution < 1.29 is 54.8 Å². The van der Waals surface area contributed by atoms with Gasteiger partial charge in [0.25, 0.3) is 6.26 Å². The quantitative estimate of drug-likeness (QED) is 0.136. The Balaban J connectivity index is 0.000000226. The lowest BCUT2D eigenvalue weighted by Crippen LogP contribution is -2.37. The van der Waals surface area contributed by atoms with Gasteiger partial charge in [0, 0.05) is 59.6 Å². The molecular formula is C40H50N6O12S2. The maximum atomic E-state index is 12.5. The van der Waals surface area contributed by atoms with Crippen molar-refractivity contribution in [3.8, 4) is 57.5 Å². The van der Waals surface area contributed by atoms with E-state index in [0.717, 1.165) is 40.0 Å². The third-order valence-corrected chi connectivity index (χ3v) is 10.4. The number of aromatic nitrogens is 2. The maximum absolute atomic E-state index is 12.5. The van der Waals surface area contributed by atoms with Gasteiger partial charge in [-0.25, -0.2) is 41.5 Å². The Bertz CT molecular complexity index is 2350. The lowest BCUT2D eigenvalue weighted by Gasteiger charge is -2.16. The summed E-state index contributed by atoms with van der Waals surface area (Å²) in [6, 6.07) is 13.7. The standard InChI is InChI=1S/C20H25N3O6S.C15H12N2O3.C5H13NO3S/c1-13(2)28-10-11-30(25,26)23-20(24)22-19-15(4-5-17-16(19)7-9-29-17)14-6-8-21-18(12-14)27-3;1-18-14-8-10(4-6-17-14)11-2-3-13-12(5-7-19-13)15(11)20-9-16;1-5(2)9-3-4-10(6,7)8/h4-6,8,12-13H,7,9-11H2,1-3H3,(H2,22,23,24);2-4,6,8H,5,7H2,1H3;5H,3-4H2,1-2H3,(H2,6,7,8). The third kappa shape index (κ3) is 14.2. The van der Waals surface area contributed by atoms with E-state index in [9.17, 15) is 21.6 Å². The summed E-state index contributed by atoms with van der Waals surface area (Å²) < 4.78 is 83.8.